The van der Waals surface area contributed by atoms with Crippen LogP contribution in [0.15, 0.2) is 24.3 Å². The van der Waals surface area contributed by atoms with Crippen molar-refractivity contribution in [3.63, 3.8) is 0 Å². The Bertz CT molecular complexity index is 727. The van der Waals surface area contributed by atoms with Crippen LogP contribution in [0.1, 0.15) is 51.4 Å². The minimum atomic E-state index is -0.663. The van der Waals surface area contributed by atoms with Crippen LogP contribution in [0.4, 0.5) is 15.3 Å². The highest BCUT2D eigenvalue weighted by Gasteiger charge is 2.38. The van der Waals surface area contributed by atoms with E-state index in [1.807, 2.05) is 27.7 Å². The summed E-state index contributed by atoms with van der Waals surface area (Å²) in [6.45, 7) is 10.1. The Labute approximate surface area is 165 Å². The highest BCUT2D eigenvalue weighted by atomic mass is 16.6. The Balaban J connectivity index is 2.07. The lowest BCUT2D eigenvalue weighted by molar-refractivity contribution is 0.000870. The zero-order valence-corrected chi connectivity index (χ0v) is 17.1. The Morgan fingerprint density at radius 2 is 1.75 bits per heavy atom. The van der Waals surface area contributed by atoms with E-state index < -0.39 is 11.6 Å². The third-order valence-corrected chi connectivity index (χ3v) is 4.79. The number of hydrogen-bond donors (Lipinski definition) is 3. The molecule has 1 aromatic carbocycles. The molecule has 2 rings (SSSR count). The second-order valence-electron chi connectivity index (χ2n) is 8.25. The zero-order chi connectivity index (χ0) is 21.1. The highest BCUT2D eigenvalue weighted by Crippen LogP contribution is 2.25. The van der Waals surface area contributed by atoms with E-state index in [0.717, 1.165) is 6.42 Å². The molecule has 1 aliphatic heterocycles. The number of anilines is 1. The average molecular weight is 390 g/mol. The first-order valence-corrected chi connectivity index (χ1v) is 9.45. The third kappa shape index (κ3) is 5.61. The van der Waals surface area contributed by atoms with Gasteiger partial charge in [-0.15, -0.1) is 0 Å². The van der Waals surface area contributed by atoms with Crippen molar-refractivity contribution in [1.82, 2.24) is 10.2 Å². The van der Waals surface area contributed by atoms with E-state index in [1.54, 1.807) is 29.2 Å². The van der Waals surface area contributed by atoms with Gasteiger partial charge in [-0.1, -0.05) is 6.92 Å². The van der Waals surface area contributed by atoms with E-state index in [1.165, 1.54) is 0 Å². The van der Waals surface area contributed by atoms with Crippen molar-refractivity contribution in [1.29, 1.82) is 0 Å². The van der Waals surface area contributed by atoms with Gasteiger partial charge in [-0.3, -0.25) is 4.79 Å². The van der Waals surface area contributed by atoms with Crippen molar-refractivity contribution in [2.75, 3.05) is 11.9 Å². The van der Waals surface area contributed by atoms with Crippen molar-refractivity contribution < 1.29 is 19.1 Å². The maximum atomic E-state index is 12.7. The number of rotatable bonds is 3. The summed E-state index contributed by atoms with van der Waals surface area (Å²) in [6.07, 6.45) is 0.406. The number of hydrogen-bond acceptors (Lipinski definition) is 4. The largest absolute Gasteiger partial charge is 0.444 e. The highest BCUT2D eigenvalue weighted by molar-refractivity contribution is 5.95. The maximum Gasteiger partial charge on any atom is 0.410 e. The fourth-order valence-electron chi connectivity index (χ4n) is 3.32. The average Bonchev–Trinajstić information content (AvgIpc) is 2.56. The molecule has 0 radical (unpaired) electrons. The SMILES string of the molecule is C[C@@H]1CCN(C(=O)OC(C)(C)C)[C@@H](C)[C@@H]1NC(=O)c1ccc(NC(N)=O)cc1. The molecule has 0 bridgehead atoms. The van der Waals surface area contributed by atoms with Gasteiger partial charge in [-0.2, -0.15) is 0 Å². The first-order valence-electron chi connectivity index (χ1n) is 9.45. The van der Waals surface area contributed by atoms with Crippen LogP contribution in [0.2, 0.25) is 0 Å². The van der Waals surface area contributed by atoms with Gasteiger partial charge in [-0.25, -0.2) is 9.59 Å². The number of primary amides is 1. The first kappa shape index (κ1) is 21.5. The van der Waals surface area contributed by atoms with Gasteiger partial charge in [0.1, 0.15) is 5.60 Å². The fourth-order valence-corrected chi connectivity index (χ4v) is 3.32. The predicted octanol–water partition coefficient (Wildman–Crippen LogP) is 2.94. The summed E-state index contributed by atoms with van der Waals surface area (Å²) >= 11 is 0. The van der Waals surface area contributed by atoms with Gasteiger partial charge in [0.2, 0.25) is 0 Å². The summed E-state index contributed by atoms with van der Waals surface area (Å²) in [7, 11) is 0. The van der Waals surface area contributed by atoms with Crippen LogP contribution in [-0.4, -0.2) is 47.2 Å². The quantitative estimate of drug-likeness (QED) is 0.736. The van der Waals surface area contributed by atoms with Crippen molar-refractivity contribution in [2.24, 2.45) is 11.7 Å². The van der Waals surface area contributed by atoms with E-state index in [2.05, 4.69) is 17.6 Å². The van der Waals surface area contributed by atoms with Crippen LogP contribution in [0.25, 0.3) is 0 Å². The second-order valence-corrected chi connectivity index (χ2v) is 8.25. The van der Waals surface area contributed by atoms with Crippen molar-refractivity contribution in [3.8, 4) is 0 Å². The molecular weight excluding hydrogens is 360 g/mol. The summed E-state index contributed by atoms with van der Waals surface area (Å²) in [6, 6.07) is 5.40. The maximum absolute atomic E-state index is 12.7. The van der Waals surface area contributed by atoms with Crippen LogP contribution in [0.3, 0.4) is 0 Å². The van der Waals surface area contributed by atoms with Crippen LogP contribution in [0.5, 0.6) is 0 Å². The molecule has 4 amide bonds. The fraction of sp³-hybridized carbons (Fsp3) is 0.550. The van der Waals surface area contributed by atoms with Gasteiger partial charge in [-0.05, 0) is 64.3 Å². The van der Waals surface area contributed by atoms with Crippen LogP contribution < -0.4 is 16.4 Å². The molecular formula is C20H30N4O4. The lowest BCUT2D eigenvalue weighted by Crippen LogP contribution is -2.59. The topological polar surface area (TPSA) is 114 Å². The monoisotopic (exact) mass is 390 g/mol. The smallest absolute Gasteiger partial charge is 0.410 e. The number of nitrogens with one attached hydrogen (secondary N) is 2. The van der Waals surface area contributed by atoms with Gasteiger partial charge < -0.3 is 26.0 Å². The summed E-state index contributed by atoms with van der Waals surface area (Å²) in [5.41, 5.74) is 5.49. The number of nitrogens with zero attached hydrogens (tertiary/aromatic N) is 1. The molecule has 28 heavy (non-hydrogen) atoms. The summed E-state index contributed by atoms with van der Waals surface area (Å²) in [4.78, 5) is 37.7. The van der Waals surface area contributed by atoms with Crippen molar-refractivity contribution in [2.45, 2.75) is 58.7 Å². The molecule has 0 aliphatic carbocycles. The minimum absolute atomic E-state index is 0.196. The summed E-state index contributed by atoms with van der Waals surface area (Å²) in [5, 5.41) is 5.49. The molecule has 8 nitrogen and oxygen atoms in total. The Kier molecular flexibility index (Phi) is 6.53. The molecule has 0 unspecified atom stereocenters. The molecule has 154 valence electrons. The Morgan fingerprint density at radius 3 is 2.29 bits per heavy atom. The molecule has 1 saturated heterocycles. The number of piperidine rings is 1. The molecule has 3 atom stereocenters. The van der Waals surface area contributed by atoms with Crippen LogP contribution in [-0.2, 0) is 4.74 Å². The van der Waals surface area contributed by atoms with Gasteiger partial charge >= 0.3 is 12.1 Å². The number of carbonyl (C=O) groups is 3. The second kappa shape index (κ2) is 8.50. The summed E-state index contributed by atoms with van der Waals surface area (Å²) < 4.78 is 5.50. The number of urea groups is 1. The molecule has 0 spiro atoms. The lowest BCUT2D eigenvalue weighted by Gasteiger charge is -2.43. The van der Waals surface area contributed by atoms with E-state index in [4.69, 9.17) is 10.5 Å². The number of ether oxygens (including phenoxy) is 1. The normalized spacial score (nSPS) is 22.3. The Hall–Kier alpha value is -2.77. The predicted molar refractivity (Wildman–Crippen MR) is 107 cm³/mol. The minimum Gasteiger partial charge on any atom is -0.444 e. The number of likely N-dealkylation sites (tertiary alicyclic amines) is 1. The molecule has 8 heteroatoms. The number of benzene rings is 1. The molecule has 1 aliphatic rings. The summed E-state index contributed by atoms with van der Waals surface area (Å²) in [5.74, 6) is -0.0196. The number of carbonyl (C=O) groups excluding carboxylic acids is 3. The molecule has 4 N–H and O–H groups in total. The molecule has 0 saturated carbocycles. The molecule has 1 fully saturated rings. The molecule has 0 aromatic heterocycles. The molecule has 1 heterocycles. The van der Waals surface area contributed by atoms with Crippen molar-refractivity contribution in [3.05, 3.63) is 29.8 Å². The Morgan fingerprint density at radius 1 is 1.14 bits per heavy atom. The van der Waals surface area contributed by atoms with Crippen LogP contribution >= 0.6 is 0 Å². The standard InChI is InChI=1S/C20H30N4O4/c1-12-10-11-24(19(27)28-20(3,4)5)13(2)16(12)23-17(25)14-6-8-15(9-7-14)22-18(21)26/h6-9,12-13,16H,10-11H2,1-5H3,(H,23,25)(H3,21,22,26)/t12-,13+,16-/m1/s1. The first-order chi connectivity index (χ1) is 13.0. The van der Waals surface area contributed by atoms with E-state index in [-0.39, 0.29) is 30.0 Å². The van der Waals surface area contributed by atoms with Crippen LogP contribution in [0, 0.1) is 5.92 Å². The van der Waals surface area contributed by atoms with E-state index in [9.17, 15) is 14.4 Å². The van der Waals surface area contributed by atoms with E-state index >= 15 is 0 Å². The van der Waals surface area contributed by atoms with Gasteiger partial charge in [0.05, 0.1) is 12.1 Å². The number of amides is 4. The van der Waals surface area contributed by atoms with Gasteiger partial charge in [0.15, 0.2) is 0 Å². The lowest BCUT2D eigenvalue weighted by atomic mass is 9.87. The van der Waals surface area contributed by atoms with Gasteiger partial charge in [0.25, 0.3) is 5.91 Å². The van der Waals surface area contributed by atoms with Crippen molar-refractivity contribution >= 4 is 23.7 Å². The van der Waals surface area contributed by atoms with E-state index in [0.29, 0.717) is 17.8 Å². The zero-order valence-electron chi connectivity index (χ0n) is 17.1. The van der Waals surface area contributed by atoms with Gasteiger partial charge in [0, 0.05) is 17.8 Å². The number of nitrogens with two attached hydrogens (primary N) is 1. The molecule has 1 aromatic rings. The third-order valence-electron chi connectivity index (χ3n) is 4.79.